The van der Waals surface area contributed by atoms with Gasteiger partial charge in [-0.25, -0.2) is 17.2 Å². The van der Waals surface area contributed by atoms with Crippen molar-refractivity contribution < 1.29 is 26.7 Å². The highest BCUT2D eigenvalue weighted by molar-refractivity contribution is 7.92. The average Bonchev–Trinajstić information content (AvgIpc) is 2.37. The maximum absolute atomic E-state index is 13.5. The average molecular weight is 307 g/mol. The molecule has 0 aliphatic rings. The van der Waals surface area contributed by atoms with Gasteiger partial charge in [0.1, 0.15) is 21.8 Å². The lowest BCUT2D eigenvalue weighted by atomic mass is 10.3. The Morgan fingerprint density at radius 2 is 2.05 bits per heavy atom. The Balaban J connectivity index is 2.95. The first-order chi connectivity index (χ1) is 9.30. The van der Waals surface area contributed by atoms with Crippen LogP contribution in [0.5, 0.6) is 0 Å². The van der Waals surface area contributed by atoms with Crippen molar-refractivity contribution in [2.45, 2.75) is 17.1 Å². The van der Waals surface area contributed by atoms with Crippen molar-refractivity contribution in [3.05, 3.63) is 29.8 Å². The van der Waals surface area contributed by atoms with Gasteiger partial charge in [-0.2, -0.15) is 0 Å². The van der Waals surface area contributed by atoms with Crippen molar-refractivity contribution in [3.63, 3.8) is 0 Å². The van der Waals surface area contributed by atoms with Crippen molar-refractivity contribution in [2.24, 2.45) is 0 Å². The zero-order chi connectivity index (χ0) is 15.3. The smallest absolute Gasteiger partial charge is 0.238 e. The number of sulfone groups is 1. The quantitative estimate of drug-likeness (QED) is 0.626. The number of ether oxygens (including phenoxy) is 1. The summed E-state index contributed by atoms with van der Waals surface area (Å²) in [6, 6.07) is 2.09. The molecule has 0 heterocycles. The zero-order valence-corrected chi connectivity index (χ0v) is 11.8. The highest BCUT2D eigenvalue weighted by atomic mass is 32.2. The van der Waals surface area contributed by atoms with Crippen LogP contribution in [0.3, 0.4) is 0 Å². The number of methoxy groups -OCH3 is 1. The van der Waals surface area contributed by atoms with E-state index in [9.17, 15) is 22.0 Å². The molecule has 0 bridgehead atoms. The molecule has 0 unspecified atom stereocenters. The minimum atomic E-state index is -4.22. The lowest BCUT2D eigenvalue weighted by molar-refractivity contribution is -0.120. The van der Waals surface area contributed by atoms with Gasteiger partial charge in [0, 0.05) is 19.7 Å². The first kappa shape index (κ1) is 16.5. The van der Waals surface area contributed by atoms with Crippen molar-refractivity contribution >= 4 is 15.7 Å². The van der Waals surface area contributed by atoms with Gasteiger partial charge in [-0.15, -0.1) is 0 Å². The third-order valence-corrected chi connectivity index (χ3v) is 4.73. The summed E-state index contributed by atoms with van der Waals surface area (Å²) in [6.45, 7) is 1.50. The van der Waals surface area contributed by atoms with Gasteiger partial charge in [-0.3, -0.25) is 4.79 Å². The van der Waals surface area contributed by atoms with E-state index < -0.39 is 37.5 Å². The number of halogens is 2. The summed E-state index contributed by atoms with van der Waals surface area (Å²) in [5.41, 5.74) is 0. The minimum Gasteiger partial charge on any atom is -0.383 e. The van der Waals surface area contributed by atoms with Crippen molar-refractivity contribution in [1.29, 1.82) is 0 Å². The van der Waals surface area contributed by atoms with Gasteiger partial charge in [-0.1, -0.05) is 0 Å². The number of carbonyl (C=O) groups is 1. The minimum absolute atomic E-state index is 0.140. The number of nitrogens with one attached hydrogen (secondary N) is 1. The Bertz CT molecular complexity index is 589. The normalized spacial score (nSPS) is 13.0. The fourth-order valence-electron chi connectivity index (χ4n) is 1.46. The standard InChI is InChI=1S/C12H15F2NO4S/c1-8(12(16)15-5-6-19-2)20(17,18)11-4-3-9(13)7-10(11)14/h3-4,7-8H,5-6H2,1-2H3,(H,15,16)/t8-/m1/s1. The first-order valence-electron chi connectivity index (χ1n) is 5.76. The Morgan fingerprint density at radius 3 is 2.60 bits per heavy atom. The number of carbonyl (C=O) groups excluding carboxylic acids is 1. The second kappa shape index (κ2) is 6.76. The molecule has 0 aromatic heterocycles. The molecular formula is C12H15F2NO4S. The lowest BCUT2D eigenvalue weighted by Gasteiger charge is -2.13. The van der Waals surface area contributed by atoms with Crippen molar-refractivity contribution in [3.8, 4) is 0 Å². The monoisotopic (exact) mass is 307 g/mol. The molecule has 1 amide bonds. The van der Waals surface area contributed by atoms with Crippen LogP contribution in [0.15, 0.2) is 23.1 Å². The molecule has 0 aliphatic heterocycles. The Labute approximate surface area is 115 Å². The van der Waals surface area contributed by atoms with Crippen LogP contribution in [-0.2, 0) is 19.4 Å². The van der Waals surface area contributed by atoms with Crippen LogP contribution in [0.4, 0.5) is 8.78 Å². The molecule has 0 saturated carbocycles. The lowest BCUT2D eigenvalue weighted by Crippen LogP contribution is -2.39. The SMILES string of the molecule is COCCNC(=O)[C@@H](C)S(=O)(=O)c1ccc(F)cc1F. The van der Waals surface area contributed by atoms with Crippen molar-refractivity contribution in [1.82, 2.24) is 5.32 Å². The van der Waals surface area contributed by atoms with E-state index in [1.807, 2.05) is 0 Å². The van der Waals surface area contributed by atoms with Crippen LogP contribution in [0.1, 0.15) is 6.92 Å². The molecule has 1 N–H and O–H groups in total. The predicted molar refractivity (Wildman–Crippen MR) is 67.9 cm³/mol. The summed E-state index contributed by atoms with van der Waals surface area (Å²) in [6.07, 6.45) is 0. The molecule has 1 rings (SSSR count). The molecule has 0 saturated heterocycles. The topological polar surface area (TPSA) is 72.5 Å². The molecule has 20 heavy (non-hydrogen) atoms. The number of hydrogen-bond acceptors (Lipinski definition) is 4. The van der Waals surface area contributed by atoms with Gasteiger partial charge in [0.25, 0.3) is 0 Å². The van der Waals surface area contributed by atoms with Gasteiger partial charge < -0.3 is 10.1 Å². The van der Waals surface area contributed by atoms with Gasteiger partial charge in [-0.05, 0) is 19.1 Å². The summed E-state index contributed by atoms with van der Waals surface area (Å²) in [7, 11) is -2.79. The molecule has 0 fully saturated rings. The highest BCUT2D eigenvalue weighted by Crippen LogP contribution is 2.20. The molecule has 0 aliphatic carbocycles. The van der Waals surface area contributed by atoms with Crippen LogP contribution in [-0.4, -0.2) is 39.8 Å². The van der Waals surface area contributed by atoms with E-state index in [-0.39, 0.29) is 13.2 Å². The second-order valence-corrected chi connectivity index (χ2v) is 6.28. The molecule has 0 radical (unpaired) electrons. The van der Waals surface area contributed by atoms with Crippen molar-refractivity contribution in [2.75, 3.05) is 20.3 Å². The Morgan fingerprint density at radius 1 is 1.40 bits per heavy atom. The van der Waals surface area contributed by atoms with E-state index in [1.54, 1.807) is 0 Å². The maximum atomic E-state index is 13.5. The van der Waals surface area contributed by atoms with E-state index >= 15 is 0 Å². The van der Waals surface area contributed by atoms with Crippen LogP contribution in [0.2, 0.25) is 0 Å². The third kappa shape index (κ3) is 3.73. The van der Waals surface area contributed by atoms with Crippen LogP contribution < -0.4 is 5.32 Å². The summed E-state index contributed by atoms with van der Waals surface area (Å²) in [5.74, 6) is -2.88. The summed E-state index contributed by atoms with van der Waals surface area (Å²) in [4.78, 5) is 11.0. The second-order valence-electron chi connectivity index (χ2n) is 4.05. The summed E-state index contributed by atoms with van der Waals surface area (Å²) in [5, 5.41) is 0.864. The zero-order valence-electron chi connectivity index (χ0n) is 11.0. The summed E-state index contributed by atoms with van der Waals surface area (Å²) < 4.78 is 55.2. The number of hydrogen-bond donors (Lipinski definition) is 1. The number of amides is 1. The van der Waals surface area contributed by atoms with E-state index in [0.29, 0.717) is 6.07 Å². The first-order valence-corrected chi connectivity index (χ1v) is 7.31. The Kier molecular flexibility index (Phi) is 5.58. The van der Waals surface area contributed by atoms with E-state index in [0.717, 1.165) is 19.1 Å². The fraction of sp³-hybridized carbons (Fsp3) is 0.417. The molecular weight excluding hydrogens is 292 g/mol. The number of benzene rings is 1. The molecule has 1 aromatic carbocycles. The van der Waals surface area contributed by atoms with Gasteiger partial charge >= 0.3 is 0 Å². The molecule has 1 atom stereocenters. The summed E-state index contributed by atoms with van der Waals surface area (Å²) >= 11 is 0. The van der Waals surface area contributed by atoms with Crippen LogP contribution in [0.25, 0.3) is 0 Å². The molecule has 1 aromatic rings. The largest absolute Gasteiger partial charge is 0.383 e. The van der Waals surface area contributed by atoms with E-state index in [2.05, 4.69) is 5.32 Å². The van der Waals surface area contributed by atoms with E-state index in [4.69, 9.17) is 4.74 Å². The van der Waals surface area contributed by atoms with Gasteiger partial charge in [0.05, 0.1) is 6.61 Å². The predicted octanol–water partition coefficient (Wildman–Crippen LogP) is 0.890. The molecule has 8 heteroatoms. The maximum Gasteiger partial charge on any atom is 0.238 e. The van der Waals surface area contributed by atoms with Crippen LogP contribution >= 0.6 is 0 Å². The highest BCUT2D eigenvalue weighted by Gasteiger charge is 2.31. The molecule has 5 nitrogen and oxygen atoms in total. The Hall–Kier alpha value is -1.54. The molecule has 112 valence electrons. The third-order valence-electron chi connectivity index (χ3n) is 2.64. The van der Waals surface area contributed by atoms with Gasteiger partial charge in [0.2, 0.25) is 5.91 Å². The fourth-order valence-corrected chi connectivity index (χ4v) is 2.79. The number of rotatable bonds is 6. The molecule has 0 spiro atoms. The van der Waals surface area contributed by atoms with E-state index in [1.165, 1.54) is 7.11 Å². The van der Waals surface area contributed by atoms with Gasteiger partial charge in [0.15, 0.2) is 9.84 Å². The van der Waals surface area contributed by atoms with Crippen LogP contribution in [0, 0.1) is 11.6 Å².